The molecule has 0 unspecified atom stereocenters. The number of aromatic nitrogens is 6. The quantitative estimate of drug-likeness (QED) is 0.456. The molecule has 1 saturated heterocycles. The molecule has 0 bridgehead atoms. The largest absolute Gasteiger partial charge is 0.358 e. The minimum absolute atomic E-state index is 0.0635. The van der Waals surface area contributed by atoms with Crippen LogP contribution in [-0.4, -0.2) is 36.9 Å². The number of halogens is 1. The summed E-state index contributed by atoms with van der Waals surface area (Å²) in [6.45, 7) is 0.747. The molecule has 1 aliphatic heterocycles. The third-order valence-corrected chi connectivity index (χ3v) is 6.41. The van der Waals surface area contributed by atoms with E-state index in [1.54, 1.807) is 6.20 Å². The van der Waals surface area contributed by atoms with E-state index in [1.165, 1.54) is 17.5 Å². The first-order valence-electron chi connectivity index (χ1n) is 10.2. The van der Waals surface area contributed by atoms with Crippen LogP contribution in [0.4, 0.5) is 22.0 Å². The fourth-order valence-electron chi connectivity index (χ4n) is 3.91. The van der Waals surface area contributed by atoms with Crippen molar-refractivity contribution in [2.24, 2.45) is 0 Å². The topological polar surface area (TPSA) is 109 Å². The van der Waals surface area contributed by atoms with Gasteiger partial charge in [0.25, 0.3) is 0 Å². The monoisotopic (exact) mass is 438 g/mol. The van der Waals surface area contributed by atoms with Crippen molar-refractivity contribution >= 4 is 28.9 Å². The summed E-state index contributed by atoms with van der Waals surface area (Å²) in [5.41, 5.74) is 1.78. The molecular weight excluding hydrogens is 419 g/mol. The lowest BCUT2D eigenvalue weighted by Gasteiger charge is -2.22. The van der Waals surface area contributed by atoms with Crippen LogP contribution in [0.15, 0.2) is 34.4 Å². The van der Waals surface area contributed by atoms with Gasteiger partial charge >= 0.3 is 0 Å². The van der Waals surface area contributed by atoms with Gasteiger partial charge in [-0.1, -0.05) is 5.16 Å². The fraction of sp³-hybridized carbons (Fsp3) is 0.350. The summed E-state index contributed by atoms with van der Waals surface area (Å²) in [6, 6.07) is 3.76. The van der Waals surface area contributed by atoms with Gasteiger partial charge in [0.05, 0.1) is 12.2 Å². The van der Waals surface area contributed by atoms with E-state index in [-0.39, 0.29) is 11.9 Å². The minimum atomic E-state index is -0.527. The number of hydrogen-bond donors (Lipinski definition) is 2. The van der Waals surface area contributed by atoms with Gasteiger partial charge in [0.1, 0.15) is 10.7 Å². The molecule has 0 spiro atoms. The Kier molecular flexibility index (Phi) is 4.41. The van der Waals surface area contributed by atoms with Crippen molar-refractivity contribution in [2.75, 3.05) is 16.8 Å². The summed E-state index contributed by atoms with van der Waals surface area (Å²) in [5.74, 6) is 1.83. The van der Waals surface area contributed by atoms with E-state index >= 15 is 0 Å². The van der Waals surface area contributed by atoms with E-state index in [2.05, 4.69) is 35.6 Å². The van der Waals surface area contributed by atoms with Crippen molar-refractivity contribution in [3.63, 3.8) is 0 Å². The van der Waals surface area contributed by atoms with Crippen LogP contribution in [0.3, 0.4) is 0 Å². The Labute approximate surface area is 180 Å². The summed E-state index contributed by atoms with van der Waals surface area (Å²) in [6.07, 6.45) is 7.08. The average molecular weight is 438 g/mol. The molecule has 4 aromatic rings. The molecule has 1 atom stereocenters. The van der Waals surface area contributed by atoms with Crippen LogP contribution in [0.2, 0.25) is 0 Å². The zero-order chi connectivity index (χ0) is 20.8. The summed E-state index contributed by atoms with van der Waals surface area (Å²) in [7, 11) is 0. The fourth-order valence-corrected chi connectivity index (χ4v) is 4.50. The maximum atomic E-state index is 14.4. The second-order valence-corrected chi connectivity index (χ2v) is 8.67. The first-order valence-corrected chi connectivity index (χ1v) is 11.1. The highest BCUT2D eigenvalue weighted by Gasteiger charge is 2.32. The molecule has 2 fully saturated rings. The van der Waals surface area contributed by atoms with Gasteiger partial charge in [-0.05, 0) is 25.7 Å². The Morgan fingerprint density at radius 2 is 2.16 bits per heavy atom. The summed E-state index contributed by atoms with van der Waals surface area (Å²) in [5, 5.41) is 17.1. The Morgan fingerprint density at radius 1 is 1.23 bits per heavy atom. The lowest BCUT2D eigenvalue weighted by Crippen LogP contribution is -2.24. The standard InChI is InChI=1S/C20H19FN8OS/c21-12-10-23-20(25-18(12)24-17-9-13(26-27-17)11-3-4-11)29-6-1-2-15(29)16-8-14(28-30-16)19-22-5-7-31-19/h5,7-11,15H,1-4,6H2,(H2,23,24,25,26,27)/t15-/m0/s1. The number of H-pyrrole nitrogens is 1. The van der Waals surface area contributed by atoms with E-state index in [1.807, 2.05) is 22.4 Å². The van der Waals surface area contributed by atoms with Crippen molar-refractivity contribution in [3.05, 3.63) is 47.2 Å². The maximum Gasteiger partial charge on any atom is 0.228 e. The van der Waals surface area contributed by atoms with Gasteiger partial charge in [0.15, 0.2) is 23.2 Å². The third-order valence-electron chi connectivity index (χ3n) is 5.61. The molecule has 2 aliphatic rings. The van der Waals surface area contributed by atoms with Crippen molar-refractivity contribution < 1.29 is 8.91 Å². The van der Waals surface area contributed by atoms with E-state index in [0.717, 1.165) is 48.7 Å². The molecule has 1 saturated carbocycles. The number of nitrogens with zero attached hydrogens (tertiary/aromatic N) is 6. The van der Waals surface area contributed by atoms with E-state index in [9.17, 15) is 4.39 Å². The van der Waals surface area contributed by atoms with Crippen LogP contribution in [0.25, 0.3) is 10.7 Å². The molecule has 11 heteroatoms. The van der Waals surface area contributed by atoms with Gasteiger partial charge in [-0.25, -0.2) is 14.4 Å². The molecule has 0 radical (unpaired) electrons. The van der Waals surface area contributed by atoms with Crippen LogP contribution >= 0.6 is 11.3 Å². The van der Waals surface area contributed by atoms with Crippen molar-refractivity contribution in [2.45, 2.75) is 37.6 Å². The molecule has 4 aromatic heterocycles. The highest BCUT2D eigenvalue weighted by atomic mass is 32.1. The van der Waals surface area contributed by atoms with Gasteiger partial charge in [-0.3, -0.25) is 5.10 Å². The number of rotatable bonds is 6. The van der Waals surface area contributed by atoms with Crippen LogP contribution in [-0.2, 0) is 0 Å². The van der Waals surface area contributed by atoms with Crippen LogP contribution < -0.4 is 10.2 Å². The highest BCUT2D eigenvalue weighted by molar-refractivity contribution is 7.13. The highest BCUT2D eigenvalue weighted by Crippen LogP contribution is 2.40. The molecule has 158 valence electrons. The third kappa shape index (κ3) is 3.54. The van der Waals surface area contributed by atoms with E-state index in [4.69, 9.17) is 4.52 Å². The Bertz CT molecular complexity index is 1200. The first kappa shape index (κ1) is 18.4. The van der Waals surface area contributed by atoms with Gasteiger partial charge in [0, 0.05) is 41.9 Å². The summed E-state index contributed by atoms with van der Waals surface area (Å²) >= 11 is 1.51. The summed E-state index contributed by atoms with van der Waals surface area (Å²) < 4.78 is 20.0. The Morgan fingerprint density at radius 3 is 3.00 bits per heavy atom. The zero-order valence-electron chi connectivity index (χ0n) is 16.5. The van der Waals surface area contributed by atoms with Crippen molar-refractivity contribution in [1.82, 2.24) is 30.3 Å². The van der Waals surface area contributed by atoms with E-state index in [0.29, 0.717) is 23.4 Å². The molecule has 6 rings (SSSR count). The van der Waals surface area contributed by atoms with Gasteiger partial charge < -0.3 is 14.7 Å². The predicted octanol–water partition coefficient (Wildman–Crippen LogP) is 4.41. The van der Waals surface area contributed by atoms with Crippen molar-refractivity contribution in [1.29, 1.82) is 0 Å². The molecular formula is C20H19FN8OS. The number of thiazole rings is 1. The van der Waals surface area contributed by atoms with Crippen LogP contribution in [0.1, 0.15) is 49.1 Å². The molecule has 9 nitrogen and oxygen atoms in total. The van der Waals surface area contributed by atoms with Crippen LogP contribution in [0, 0.1) is 5.82 Å². The zero-order valence-corrected chi connectivity index (χ0v) is 17.3. The Hall–Kier alpha value is -3.34. The van der Waals surface area contributed by atoms with Crippen molar-refractivity contribution in [3.8, 4) is 10.7 Å². The second-order valence-electron chi connectivity index (χ2n) is 7.78. The smallest absolute Gasteiger partial charge is 0.228 e. The van der Waals surface area contributed by atoms with Crippen LogP contribution in [0.5, 0.6) is 0 Å². The molecule has 2 N–H and O–H groups in total. The molecule has 0 aromatic carbocycles. The lowest BCUT2D eigenvalue weighted by atomic mass is 10.1. The minimum Gasteiger partial charge on any atom is -0.358 e. The summed E-state index contributed by atoms with van der Waals surface area (Å²) in [4.78, 5) is 15.0. The molecule has 0 amide bonds. The molecule has 1 aliphatic carbocycles. The first-order chi connectivity index (χ1) is 15.2. The van der Waals surface area contributed by atoms with Gasteiger partial charge in [0.2, 0.25) is 5.95 Å². The maximum absolute atomic E-state index is 14.4. The number of nitrogens with one attached hydrogen (secondary N) is 2. The number of aromatic amines is 1. The normalized spacial score (nSPS) is 18.6. The Balaban J connectivity index is 1.25. The van der Waals surface area contributed by atoms with Gasteiger partial charge in [-0.15, -0.1) is 11.3 Å². The number of anilines is 3. The van der Waals surface area contributed by atoms with Gasteiger partial charge in [-0.2, -0.15) is 10.1 Å². The second kappa shape index (κ2) is 7.41. The number of hydrogen-bond acceptors (Lipinski definition) is 9. The SMILES string of the molecule is Fc1cnc(N2CCC[C@H]2c2cc(-c3nccs3)no2)nc1Nc1cc(C2CC2)[nH]n1. The molecule has 5 heterocycles. The average Bonchev–Trinajstić information content (AvgIpc) is 3.29. The van der Waals surface area contributed by atoms with E-state index < -0.39 is 5.82 Å². The lowest BCUT2D eigenvalue weighted by molar-refractivity contribution is 0.362. The molecule has 31 heavy (non-hydrogen) atoms. The predicted molar refractivity (Wildman–Crippen MR) is 113 cm³/mol.